The largest absolute Gasteiger partial charge is 0.397 e. The lowest BCUT2D eigenvalue weighted by Gasteiger charge is -2.10. The molecular weight excluding hydrogens is 226 g/mol. The van der Waals surface area contributed by atoms with E-state index in [4.69, 9.17) is 5.73 Å². The van der Waals surface area contributed by atoms with Gasteiger partial charge in [-0.1, -0.05) is 13.3 Å². The third kappa shape index (κ3) is 2.75. The van der Waals surface area contributed by atoms with E-state index in [2.05, 4.69) is 17.6 Å². The molecule has 4 heteroatoms. The highest BCUT2D eigenvalue weighted by atomic mass is 16.1. The van der Waals surface area contributed by atoms with Crippen LogP contribution in [0.5, 0.6) is 0 Å². The van der Waals surface area contributed by atoms with E-state index in [1.807, 2.05) is 19.1 Å². The Balaban J connectivity index is 2.03. The van der Waals surface area contributed by atoms with Gasteiger partial charge in [-0.05, 0) is 37.5 Å². The minimum atomic E-state index is -0.0754. The van der Waals surface area contributed by atoms with Crippen LogP contribution in [-0.4, -0.2) is 18.5 Å². The second-order valence-corrected chi connectivity index (χ2v) is 4.82. The molecule has 4 nitrogen and oxygen atoms in total. The fourth-order valence-corrected chi connectivity index (χ4v) is 2.17. The predicted octanol–water partition coefficient (Wildman–Crippen LogP) is 2.23. The van der Waals surface area contributed by atoms with Crippen LogP contribution >= 0.6 is 0 Å². The van der Waals surface area contributed by atoms with Gasteiger partial charge in [-0.3, -0.25) is 4.79 Å². The van der Waals surface area contributed by atoms with Gasteiger partial charge in [-0.2, -0.15) is 0 Å². The summed E-state index contributed by atoms with van der Waals surface area (Å²) in [5, 5.41) is 6.19. The number of nitrogens with two attached hydrogens (primary N) is 1. The summed E-state index contributed by atoms with van der Waals surface area (Å²) in [6, 6.07) is 5.99. The van der Waals surface area contributed by atoms with E-state index in [1.54, 1.807) is 6.07 Å². The number of hydrogen-bond donors (Lipinski definition) is 3. The first-order chi connectivity index (χ1) is 8.65. The van der Waals surface area contributed by atoms with E-state index in [9.17, 15) is 4.79 Å². The molecule has 1 fully saturated rings. The number of nitrogen functional groups attached to an aromatic ring is 1. The minimum absolute atomic E-state index is 0.0754. The molecule has 2 unspecified atom stereocenters. The zero-order valence-electron chi connectivity index (χ0n) is 11.0. The number of anilines is 2. The molecule has 0 heterocycles. The minimum Gasteiger partial charge on any atom is -0.397 e. The van der Waals surface area contributed by atoms with Crippen LogP contribution in [0.1, 0.15) is 37.0 Å². The average molecular weight is 247 g/mol. The average Bonchev–Trinajstić information content (AvgIpc) is 3.10. The molecule has 1 saturated carbocycles. The van der Waals surface area contributed by atoms with Gasteiger partial charge in [-0.25, -0.2) is 0 Å². The predicted molar refractivity (Wildman–Crippen MR) is 74.7 cm³/mol. The van der Waals surface area contributed by atoms with Crippen molar-refractivity contribution in [2.75, 3.05) is 17.6 Å². The summed E-state index contributed by atoms with van der Waals surface area (Å²) in [6.45, 7) is 4.72. The van der Waals surface area contributed by atoms with E-state index in [-0.39, 0.29) is 5.91 Å². The Bertz CT molecular complexity index is 445. The molecule has 1 aromatic rings. The monoisotopic (exact) mass is 247 g/mol. The van der Waals surface area contributed by atoms with Crippen molar-refractivity contribution in [2.24, 2.45) is 5.92 Å². The van der Waals surface area contributed by atoms with Crippen LogP contribution in [-0.2, 0) is 0 Å². The van der Waals surface area contributed by atoms with Crippen molar-refractivity contribution in [3.63, 3.8) is 0 Å². The number of nitrogens with one attached hydrogen (secondary N) is 2. The quantitative estimate of drug-likeness (QED) is 0.699. The molecule has 2 rings (SSSR count). The van der Waals surface area contributed by atoms with Crippen molar-refractivity contribution < 1.29 is 4.79 Å². The highest BCUT2D eigenvalue weighted by molar-refractivity contribution is 5.96. The number of hydrogen-bond acceptors (Lipinski definition) is 3. The number of benzene rings is 1. The Kier molecular flexibility index (Phi) is 3.75. The van der Waals surface area contributed by atoms with Crippen LogP contribution in [0.4, 0.5) is 11.4 Å². The lowest BCUT2D eigenvalue weighted by molar-refractivity contribution is 0.0956. The lowest BCUT2D eigenvalue weighted by Crippen LogP contribution is -2.22. The van der Waals surface area contributed by atoms with Crippen molar-refractivity contribution in [3.8, 4) is 0 Å². The summed E-state index contributed by atoms with van der Waals surface area (Å²) >= 11 is 0. The first-order valence-corrected chi connectivity index (χ1v) is 6.60. The molecule has 2 atom stereocenters. The van der Waals surface area contributed by atoms with E-state index in [1.165, 1.54) is 12.8 Å². The van der Waals surface area contributed by atoms with Crippen molar-refractivity contribution in [3.05, 3.63) is 23.8 Å². The van der Waals surface area contributed by atoms with Gasteiger partial charge in [0, 0.05) is 18.2 Å². The normalized spacial score (nSPS) is 21.4. The van der Waals surface area contributed by atoms with Crippen LogP contribution in [0.2, 0.25) is 0 Å². The molecule has 0 bridgehead atoms. The highest BCUT2D eigenvalue weighted by Gasteiger charge is 2.35. The summed E-state index contributed by atoms with van der Waals surface area (Å²) in [6.07, 6.45) is 2.42. The molecule has 1 amide bonds. The molecular formula is C14H21N3O. The zero-order chi connectivity index (χ0) is 13.1. The Morgan fingerprint density at radius 3 is 2.78 bits per heavy atom. The zero-order valence-corrected chi connectivity index (χ0v) is 11.0. The van der Waals surface area contributed by atoms with E-state index in [0.29, 0.717) is 23.8 Å². The summed E-state index contributed by atoms with van der Waals surface area (Å²) in [4.78, 5) is 11.7. The molecule has 18 heavy (non-hydrogen) atoms. The Morgan fingerprint density at radius 2 is 2.22 bits per heavy atom. The van der Waals surface area contributed by atoms with Crippen LogP contribution < -0.4 is 16.4 Å². The lowest BCUT2D eigenvalue weighted by atomic mass is 10.1. The highest BCUT2D eigenvalue weighted by Crippen LogP contribution is 2.37. The molecule has 0 aliphatic heterocycles. The Hall–Kier alpha value is -1.71. The molecule has 1 aliphatic carbocycles. The molecule has 4 N–H and O–H groups in total. The number of carbonyl (C=O) groups excluding carboxylic acids is 1. The van der Waals surface area contributed by atoms with Gasteiger partial charge in [0.05, 0.1) is 11.4 Å². The topological polar surface area (TPSA) is 67.2 Å². The van der Waals surface area contributed by atoms with Gasteiger partial charge < -0.3 is 16.4 Å². The first kappa shape index (κ1) is 12.7. The van der Waals surface area contributed by atoms with Crippen molar-refractivity contribution >= 4 is 17.3 Å². The molecule has 98 valence electrons. The smallest absolute Gasteiger partial charge is 0.251 e. The molecule has 1 aliphatic rings. The SMILES string of the molecule is CCNC(=O)c1ccc(NC2CC2CC)c(N)c1. The molecule has 0 spiro atoms. The number of carbonyl (C=O) groups is 1. The Morgan fingerprint density at radius 1 is 1.44 bits per heavy atom. The van der Waals surface area contributed by atoms with Gasteiger partial charge in [0.2, 0.25) is 0 Å². The van der Waals surface area contributed by atoms with Crippen LogP contribution in [0.3, 0.4) is 0 Å². The van der Waals surface area contributed by atoms with Gasteiger partial charge in [-0.15, -0.1) is 0 Å². The second-order valence-electron chi connectivity index (χ2n) is 4.82. The maximum atomic E-state index is 11.7. The number of amides is 1. The van der Waals surface area contributed by atoms with Crippen molar-refractivity contribution in [1.29, 1.82) is 0 Å². The maximum absolute atomic E-state index is 11.7. The second kappa shape index (κ2) is 5.29. The van der Waals surface area contributed by atoms with Crippen LogP contribution in [0.25, 0.3) is 0 Å². The van der Waals surface area contributed by atoms with Gasteiger partial charge in [0.25, 0.3) is 5.91 Å². The molecule has 0 aromatic heterocycles. The van der Waals surface area contributed by atoms with Crippen LogP contribution in [0.15, 0.2) is 18.2 Å². The van der Waals surface area contributed by atoms with Crippen molar-refractivity contribution in [2.45, 2.75) is 32.7 Å². The molecule has 0 saturated heterocycles. The summed E-state index contributed by atoms with van der Waals surface area (Å²) in [5.41, 5.74) is 8.16. The van der Waals surface area contributed by atoms with Gasteiger partial charge >= 0.3 is 0 Å². The fraction of sp³-hybridized carbons (Fsp3) is 0.500. The van der Waals surface area contributed by atoms with Gasteiger partial charge in [0.1, 0.15) is 0 Å². The standard InChI is InChI=1S/C14H21N3O/c1-3-9-8-13(9)17-12-6-5-10(7-11(12)15)14(18)16-4-2/h5-7,9,13,17H,3-4,8,15H2,1-2H3,(H,16,18). The Labute approximate surface area is 108 Å². The third-order valence-electron chi connectivity index (χ3n) is 3.44. The summed E-state index contributed by atoms with van der Waals surface area (Å²) in [5.74, 6) is 0.695. The number of rotatable bonds is 5. The fourth-order valence-electron chi connectivity index (χ4n) is 2.17. The third-order valence-corrected chi connectivity index (χ3v) is 3.44. The molecule has 0 radical (unpaired) electrons. The summed E-state index contributed by atoms with van der Waals surface area (Å²) < 4.78 is 0. The van der Waals surface area contributed by atoms with Crippen LogP contribution in [0, 0.1) is 5.92 Å². The first-order valence-electron chi connectivity index (χ1n) is 6.60. The van der Waals surface area contributed by atoms with E-state index in [0.717, 1.165) is 11.6 Å². The van der Waals surface area contributed by atoms with E-state index >= 15 is 0 Å². The molecule has 1 aromatic carbocycles. The van der Waals surface area contributed by atoms with Gasteiger partial charge in [0.15, 0.2) is 0 Å². The van der Waals surface area contributed by atoms with E-state index < -0.39 is 0 Å². The maximum Gasteiger partial charge on any atom is 0.251 e. The van der Waals surface area contributed by atoms with Crippen molar-refractivity contribution in [1.82, 2.24) is 5.32 Å². The summed E-state index contributed by atoms with van der Waals surface area (Å²) in [7, 11) is 0.